The molecule has 3 rings (SSSR count). The molecule has 0 saturated carbocycles. The Bertz CT molecular complexity index is 460. The van der Waals surface area contributed by atoms with Crippen LogP contribution in [-0.2, 0) is 4.79 Å². The molecule has 0 aliphatic carbocycles. The van der Waals surface area contributed by atoms with Crippen molar-refractivity contribution in [2.24, 2.45) is 5.41 Å². The molecule has 1 aromatic carbocycles. The molecule has 0 aromatic heterocycles. The third-order valence-electron chi connectivity index (χ3n) is 4.10. The van der Waals surface area contributed by atoms with Gasteiger partial charge < -0.3 is 9.53 Å². The summed E-state index contributed by atoms with van der Waals surface area (Å²) in [5, 5.41) is 0. The van der Waals surface area contributed by atoms with Crippen molar-refractivity contribution in [1.82, 2.24) is 4.90 Å². The second-order valence-corrected chi connectivity index (χ2v) is 5.73. The first kappa shape index (κ1) is 11.7. The van der Waals surface area contributed by atoms with Crippen LogP contribution in [0.3, 0.4) is 0 Å². The molecule has 3 heteroatoms. The van der Waals surface area contributed by atoms with Crippen molar-refractivity contribution < 1.29 is 9.53 Å². The minimum atomic E-state index is -0.146. The van der Waals surface area contributed by atoms with Gasteiger partial charge in [-0.05, 0) is 44.0 Å². The topological polar surface area (TPSA) is 29.5 Å². The van der Waals surface area contributed by atoms with Gasteiger partial charge in [0.15, 0.2) is 0 Å². The van der Waals surface area contributed by atoms with Gasteiger partial charge in [0, 0.05) is 18.5 Å². The smallest absolute Gasteiger partial charge is 0.127 e. The Morgan fingerprint density at radius 1 is 1.50 bits per heavy atom. The number of ether oxygens (including phenoxy) is 1. The number of carbonyl (C=O) groups excluding carboxylic acids is 1. The van der Waals surface area contributed by atoms with Crippen molar-refractivity contribution >= 4 is 6.29 Å². The Balaban J connectivity index is 1.73. The van der Waals surface area contributed by atoms with E-state index in [1.165, 1.54) is 5.56 Å². The Kier molecular flexibility index (Phi) is 2.86. The maximum Gasteiger partial charge on any atom is 0.127 e. The highest BCUT2D eigenvalue weighted by molar-refractivity contribution is 5.61. The minimum Gasteiger partial charge on any atom is -0.489 e. The van der Waals surface area contributed by atoms with Crippen LogP contribution < -0.4 is 4.74 Å². The number of carbonyl (C=O) groups is 1. The van der Waals surface area contributed by atoms with E-state index in [-0.39, 0.29) is 11.5 Å². The summed E-state index contributed by atoms with van der Waals surface area (Å²) in [7, 11) is 0. The Morgan fingerprint density at radius 3 is 3.17 bits per heavy atom. The van der Waals surface area contributed by atoms with Crippen LogP contribution in [0.5, 0.6) is 5.75 Å². The van der Waals surface area contributed by atoms with E-state index in [4.69, 9.17) is 4.74 Å². The number of hydrogen-bond donors (Lipinski definition) is 0. The molecule has 3 nitrogen and oxygen atoms in total. The average Bonchev–Trinajstić information content (AvgIpc) is 2.66. The second-order valence-electron chi connectivity index (χ2n) is 5.73. The predicted octanol–water partition coefficient (Wildman–Crippen LogP) is 2.04. The van der Waals surface area contributed by atoms with Crippen molar-refractivity contribution in [3.05, 3.63) is 29.8 Å². The zero-order chi connectivity index (χ0) is 12.6. The van der Waals surface area contributed by atoms with Crippen molar-refractivity contribution in [2.75, 3.05) is 19.6 Å². The van der Waals surface area contributed by atoms with Gasteiger partial charge in [0.25, 0.3) is 0 Å². The van der Waals surface area contributed by atoms with Crippen molar-refractivity contribution in [3.63, 3.8) is 0 Å². The average molecular weight is 245 g/mol. The van der Waals surface area contributed by atoms with Crippen molar-refractivity contribution in [2.45, 2.75) is 25.9 Å². The number of piperidine rings is 1. The van der Waals surface area contributed by atoms with E-state index in [2.05, 4.69) is 24.0 Å². The van der Waals surface area contributed by atoms with Gasteiger partial charge in [0.05, 0.1) is 0 Å². The van der Waals surface area contributed by atoms with Crippen LogP contribution in [0, 0.1) is 12.3 Å². The second kappa shape index (κ2) is 4.39. The molecule has 0 radical (unpaired) electrons. The zero-order valence-electron chi connectivity index (χ0n) is 10.8. The summed E-state index contributed by atoms with van der Waals surface area (Å²) in [5.74, 6) is 0.920. The lowest BCUT2D eigenvalue weighted by atomic mass is 9.81. The van der Waals surface area contributed by atoms with Gasteiger partial charge in [0.2, 0.25) is 0 Å². The van der Waals surface area contributed by atoms with E-state index in [9.17, 15) is 4.79 Å². The molecule has 1 aromatic rings. The number of hydrogen-bond acceptors (Lipinski definition) is 3. The van der Waals surface area contributed by atoms with Gasteiger partial charge in [-0.25, -0.2) is 0 Å². The number of benzene rings is 1. The maximum atomic E-state index is 11.3. The van der Waals surface area contributed by atoms with Crippen LogP contribution in [0.25, 0.3) is 0 Å². The maximum absolute atomic E-state index is 11.3. The normalized spacial score (nSPS) is 34.3. The standard InChI is InChI=1S/C15H19NO2/c1-12-3-2-4-13(7-12)18-14-8-15(11-17)5-6-16(9-14)10-15/h2-4,7,11,14H,5-6,8-10H2,1H3. The van der Waals surface area contributed by atoms with Crippen LogP contribution >= 0.6 is 0 Å². The van der Waals surface area contributed by atoms with Crippen LogP contribution in [0.4, 0.5) is 0 Å². The summed E-state index contributed by atoms with van der Waals surface area (Å²) in [5.41, 5.74) is 1.06. The molecule has 0 amide bonds. The molecular formula is C15H19NO2. The first-order valence-electron chi connectivity index (χ1n) is 6.61. The molecule has 3 atom stereocenters. The largest absolute Gasteiger partial charge is 0.489 e. The fraction of sp³-hybridized carbons (Fsp3) is 0.533. The lowest BCUT2D eigenvalue weighted by Crippen LogP contribution is -2.45. The molecule has 3 unspecified atom stereocenters. The lowest BCUT2D eigenvalue weighted by Gasteiger charge is -2.35. The van der Waals surface area contributed by atoms with Crippen LogP contribution in [0.1, 0.15) is 18.4 Å². The Labute approximate surface area is 108 Å². The summed E-state index contributed by atoms with van der Waals surface area (Å²) in [6.07, 6.45) is 3.15. The first-order chi connectivity index (χ1) is 8.69. The van der Waals surface area contributed by atoms with Gasteiger partial charge in [-0.3, -0.25) is 4.90 Å². The highest BCUT2D eigenvalue weighted by Gasteiger charge is 2.45. The highest BCUT2D eigenvalue weighted by atomic mass is 16.5. The third-order valence-corrected chi connectivity index (χ3v) is 4.10. The molecule has 2 heterocycles. The predicted molar refractivity (Wildman–Crippen MR) is 69.8 cm³/mol. The van der Waals surface area contributed by atoms with E-state index in [1.807, 2.05) is 12.1 Å². The van der Waals surface area contributed by atoms with E-state index in [0.717, 1.165) is 44.5 Å². The summed E-state index contributed by atoms with van der Waals surface area (Å²) < 4.78 is 6.04. The highest BCUT2D eigenvalue weighted by Crippen LogP contribution is 2.38. The fourth-order valence-corrected chi connectivity index (χ4v) is 3.22. The van der Waals surface area contributed by atoms with E-state index in [1.54, 1.807) is 0 Å². The van der Waals surface area contributed by atoms with E-state index < -0.39 is 0 Å². The van der Waals surface area contributed by atoms with Crippen molar-refractivity contribution in [1.29, 1.82) is 0 Å². The number of fused-ring (bicyclic) bond motifs is 2. The number of nitrogens with zero attached hydrogens (tertiary/aromatic N) is 1. The molecule has 2 aliphatic rings. The van der Waals surface area contributed by atoms with E-state index in [0.29, 0.717) is 0 Å². The molecule has 96 valence electrons. The molecule has 2 fully saturated rings. The summed E-state index contributed by atoms with van der Waals surface area (Å²) >= 11 is 0. The molecule has 2 saturated heterocycles. The Morgan fingerprint density at radius 2 is 2.39 bits per heavy atom. The quantitative estimate of drug-likeness (QED) is 0.763. The Hall–Kier alpha value is -1.35. The molecule has 0 N–H and O–H groups in total. The van der Waals surface area contributed by atoms with Crippen LogP contribution in [-0.4, -0.2) is 36.9 Å². The van der Waals surface area contributed by atoms with Crippen LogP contribution in [0.2, 0.25) is 0 Å². The SMILES string of the molecule is Cc1cccc(OC2CN3CCC(C=O)(C2)C3)c1. The van der Waals surface area contributed by atoms with Gasteiger partial charge >= 0.3 is 0 Å². The van der Waals surface area contributed by atoms with Crippen molar-refractivity contribution in [3.8, 4) is 5.75 Å². The zero-order valence-corrected chi connectivity index (χ0v) is 10.8. The van der Waals surface area contributed by atoms with Gasteiger partial charge in [-0.1, -0.05) is 12.1 Å². The fourth-order valence-electron chi connectivity index (χ4n) is 3.22. The van der Waals surface area contributed by atoms with Gasteiger partial charge in [-0.2, -0.15) is 0 Å². The molecule has 2 bridgehead atoms. The molecular weight excluding hydrogens is 226 g/mol. The monoisotopic (exact) mass is 245 g/mol. The first-order valence-corrected chi connectivity index (χ1v) is 6.61. The molecule has 18 heavy (non-hydrogen) atoms. The number of aryl methyl sites for hydroxylation is 1. The molecule has 2 aliphatic heterocycles. The lowest BCUT2D eigenvalue weighted by molar-refractivity contribution is -0.118. The number of aldehydes is 1. The van der Waals surface area contributed by atoms with Gasteiger partial charge in [0.1, 0.15) is 18.1 Å². The minimum absolute atomic E-state index is 0.146. The summed E-state index contributed by atoms with van der Waals surface area (Å²) in [6, 6.07) is 8.12. The van der Waals surface area contributed by atoms with Crippen LogP contribution in [0.15, 0.2) is 24.3 Å². The third kappa shape index (κ3) is 2.15. The van der Waals surface area contributed by atoms with Gasteiger partial charge in [-0.15, -0.1) is 0 Å². The van der Waals surface area contributed by atoms with E-state index >= 15 is 0 Å². The summed E-state index contributed by atoms with van der Waals surface area (Å²) in [6.45, 7) is 4.97. The summed E-state index contributed by atoms with van der Waals surface area (Å²) in [4.78, 5) is 13.7. The molecule has 0 spiro atoms. The number of rotatable bonds is 3.